The zero-order chi connectivity index (χ0) is 22.3. The van der Waals surface area contributed by atoms with Gasteiger partial charge in [-0.25, -0.2) is 0 Å². The molecule has 1 amide bonds. The number of carbonyl (C=O) groups is 1. The Morgan fingerprint density at radius 1 is 0.906 bits per heavy atom. The minimum absolute atomic E-state index is 0.0567. The molecule has 0 atom stereocenters. The van der Waals surface area contributed by atoms with E-state index in [1.807, 2.05) is 65.6 Å². The molecule has 0 saturated carbocycles. The molecular formula is C28H30N2O2. The van der Waals surface area contributed by atoms with Crippen molar-refractivity contribution in [2.75, 3.05) is 31.1 Å². The summed E-state index contributed by atoms with van der Waals surface area (Å²) in [5, 5.41) is 0. The van der Waals surface area contributed by atoms with E-state index in [2.05, 4.69) is 36.9 Å². The van der Waals surface area contributed by atoms with E-state index in [9.17, 15) is 4.79 Å². The number of anilines is 1. The Morgan fingerprint density at radius 3 is 2.44 bits per heavy atom. The van der Waals surface area contributed by atoms with Crippen LogP contribution in [0.25, 0.3) is 6.08 Å². The number of nitrogens with zero attached hydrogens (tertiary/aromatic N) is 2. The Kier molecular flexibility index (Phi) is 6.90. The minimum atomic E-state index is 0.0567. The van der Waals surface area contributed by atoms with Crippen LogP contribution in [0.15, 0.2) is 78.9 Å². The van der Waals surface area contributed by atoms with Crippen molar-refractivity contribution in [1.29, 1.82) is 0 Å². The van der Waals surface area contributed by atoms with E-state index in [1.54, 1.807) is 6.08 Å². The lowest BCUT2D eigenvalue weighted by atomic mass is 10.1. The lowest BCUT2D eigenvalue weighted by Gasteiger charge is -2.36. The second-order valence-corrected chi connectivity index (χ2v) is 8.21. The fraction of sp³-hybridized carbons (Fsp3) is 0.250. The molecule has 3 aromatic rings. The monoisotopic (exact) mass is 426 g/mol. The molecule has 164 valence electrons. The fourth-order valence-corrected chi connectivity index (χ4v) is 3.97. The molecule has 1 saturated heterocycles. The molecule has 0 aromatic heterocycles. The number of rotatable bonds is 6. The van der Waals surface area contributed by atoms with Gasteiger partial charge in [0, 0.05) is 37.9 Å². The standard InChI is InChI=1S/C28H30N2O2/c1-22-8-6-13-27(23(22)2)29-16-18-30(19-17-29)28(31)15-14-24-11-7-12-26(20-24)32-21-25-9-4-3-5-10-25/h3-15,20H,16-19,21H2,1-2H3/b15-14+. The van der Waals surface area contributed by atoms with Crippen LogP contribution in [0.1, 0.15) is 22.3 Å². The van der Waals surface area contributed by atoms with Crippen LogP contribution in [0.5, 0.6) is 5.75 Å². The lowest BCUT2D eigenvalue weighted by Crippen LogP contribution is -2.48. The Morgan fingerprint density at radius 2 is 1.66 bits per heavy atom. The van der Waals surface area contributed by atoms with Gasteiger partial charge in [-0.2, -0.15) is 0 Å². The van der Waals surface area contributed by atoms with Crippen LogP contribution < -0.4 is 9.64 Å². The summed E-state index contributed by atoms with van der Waals surface area (Å²) < 4.78 is 5.89. The maximum absolute atomic E-state index is 12.7. The fourth-order valence-electron chi connectivity index (χ4n) is 3.97. The van der Waals surface area contributed by atoms with Crippen LogP contribution in [0, 0.1) is 13.8 Å². The predicted octanol–water partition coefficient (Wildman–Crippen LogP) is 5.24. The van der Waals surface area contributed by atoms with Crippen molar-refractivity contribution in [1.82, 2.24) is 4.90 Å². The van der Waals surface area contributed by atoms with Gasteiger partial charge in [0.25, 0.3) is 0 Å². The molecule has 3 aromatic carbocycles. The van der Waals surface area contributed by atoms with Crippen molar-refractivity contribution in [3.63, 3.8) is 0 Å². The van der Waals surface area contributed by atoms with Crippen molar-refractivity contribution in [2.45, 2.75) is 20.5 Å². The van der Waals surface area contributed by atoms with Crippen LogP contribution in [0.4, 0.5) is 5.69 Å². The molecule has 0 N–H and O–H groups in total. The zero-order valence-electron chi connectivity index (χ0n) is 18.8. The summed E-state index contributed by atoms with van der Waals surface area (Å²) >= 11 is 0. The van der Waals surface area contributed by atoms with Gasteiger partial charge < -0.3 is 14.5 Å². The first kappa shape index (κ1) is 21.7. The largest absolute Gasteiger partial charge is 0.489 e. The Balaban J connectivity index is 1.31. The van der Waals surface area contributed by atoms with Crippen molar-refractivity contribution in [2.24, 2.45) is 0 Å². The summed E-state index contributed by atoms with van der Waals surface area (Å²) in [6, 6.07) is 24.4. The highest BCUT2D eigenvalue weighted by molar-refractivity contribution is 5.92. The summed E-state index contributed by atoms with van der Waals surface area (Å²) in [4.78, 5) is 17.0. The SMILES string of the molecule is Cc1cccc(N2CCN(C(=O)/C=C/c3cccc(OCc4ccccc4)c3)CC2)c1C. The first-order chi connectivity index (χ1) is 15.6. The van der Waals surface area contributed by atoms with Crippen molar-refractivity contribution < 1.29 is 9.53 Å². The number of piperazine rings is 1. The second kappa shape index (κ2) is 10.2. The van der Waals surface area contributed by atoms with Crippen LogP contribution in [-0.2, 0) is 11.4 Å². The Hall–Kier alpha value is -3.53. The van der Waals surface area contributed by atoms with Gasteiger partial charge in [-0.3, -0.25) is 4.79 Å². The molecule has 0 aliphatic carbocycles. The first-order valence-corrected chi connectivity index (χ1v) is 11.1. The Labute approximate surface area is 190 Å². The molecule has 0 radical (unpaired) electrons. The third kappa shape index (κ3) is 5.38. The average Bonchev–Trinajstić information content (AvgIpc) is 2.84. The summed E-state index contributed by atoms with van der Waals surface area (Å²) in [5.74, 6) is 0.854. The van der Waals surface area contributed by atoms with E-state index >= 15 is 0 Å². The number of carbonyl (C=O) groups excluding carboxylic acids is 1. The average molecular weight is 427 g/mol. The van der Waals surface area contributed by atoms with Gasteiger partial charge in [-0.15, -0.1) is 0 Å². The number of hydrogen-bond acceptors (Lipinski definition) is 3. The third-order valence-corrected chi connectivity index (χ3v) is 6.03. The number of hydrogen-bond donors (Lipinski definition) is 0. The molecule has 0 bridgehead atoms. The highest BCUT2D eigenvalue weighted by Gasteiger charge is 2.21. The minimum Gasteiger partial charge on any atom is -0.489 e. The lowest BCUT2D eigenvalue weighted by molar-refractivity contribution is -0.126. The molecule has 4 nitrogen and oxygen atoms in total. The number of ether oxygens (including phenoxy) is 1. The number of amides is 1. The van der Waals surface area contributed by atoms with E-state index in [0.29, 0.717) is 6.61 Å². The van der Waals surface area contributed by atoms with Gasteiger partial charge in [0.1, 0.15) is 12.4 Å². The van der Waals surface area contributed by atoms with E-state index < -0.39 is 0 Å². The van der Waals surface area contributed by atoms with Crippen molar-refractivity contribution in [3.05, 3.63) is 101 Å². The second-order valence-electron chi connectivity index (χ2n) is 8.21. The summed E-state index contributed by atoms with van der Waals surface area (Å²) in [5.41, 5.74) is 5.99. The van der Waals surface area contributed by atoms with Crippen LogP contribution in [0.3, 0.4) is 0 Å². The highest BCUT2D eigenvalue weighted by atomic mass is 16.5. The molecular weight excluding hydrogens is 396 g/mol. The molecule has 1 aliphatic heterocycles. The number of aryl methyl sites for hydroxylation is 1. The molecule has 0 unspecified atom stereocenters. The van der Waals surface area contributed by atoms with Crippen LogP contribution in [-0.4, -0.2) is 37.0 Å². The quantitative estimate of drug-likeness (QED) is 0.505. The molecule has 1 fully saturated rings. The van der Waals surface area contributed by atoms with Crippen LogP contribution >= 0.6 is 0 Å². The van der Waals surface area contributed by atoms with E-state index in [0.717, 1.165) is 43.1 Å². The van der Waals surface area contributed by atoms with Crippen LogP contribution in [0.2, 0.25) is 0 Å². The summed E-state index contributed by atoms with van der Waals surface area (Å²) in [6.07, 6.45) is 3.54. The molecule has 4 heteroatoms. The van der Waals surface area contributed by atoms with Gasteiger partial charge in [-0.1, -0.05) is 54.6 Å². The molecule has 0 spiro atoms. The van der Waals surface area contributed by atoms with E-state index in [1.165, 1.54) is 16.8 Å². The van der Waals surface area contributed by atoms with Gasteiger partial charge in [0.2, 0.25) is 5.91 Å². The topological polar surface area (TPSA) is 32.8 Å². The van der Waals surface area contributed by atoms with E-state index in [-0.39, 0.29) is 5.91 Å². The Bertz CT molecular complexity index is 1080. The third-order valence-electron chi connectivity index (χ3n) is 6.03. The summed E-state index contributed by atoms with van der Waals surface area (Å²) in [7, 11) is 0. The maximum Gasteiger partial charge on any atom is 0.246 e. The van der Waals surface area contributed by atoms with Crippen molar-refractivity contribution in [3.8, 4) is 5.75 Å². The smallest absolute Gasteiger partial charge is 0.246 e. The highest BCUT2D eigenvalue weighted by Crippen LogP contribution is 2.24. The van der Waals surface area contributed by atoms with Gasteiger partial charge in [-0.05, 0) is 60.4 Å². The molecule has 32 heavy (non-hydrogen) atoms. The van der Waals surface area contributed by atoms with Gasteiger partial charge in [0.05, 0.1) is 0 Å². The molecule has 4 rings (SSSR count). The normalized spacial score (nSPS) is 14.1. The zero-order valence-corrected chi connectivity index (χ0v) is 18.8. The van der Waals surface area contributed by atoms with E-state index in [4.69, 9.17) is 4.74 Å². The number of benzene rings is 3. The predicted molar refractivity (Wildman–Crippen MR) is 131 cm³/mol. The van der Waals surface area contributed by atoms with Gasteiger partial charge in [0.15, 0.2) is 0 Å². The molecule has 1 aliphatic rings. The van der Waals surface area contributed by atoms with Gasteiger partial charge >= 0.3 is 0 Å². The maximum atomic E-state index is 12.7. The first-order valence-electron chi connectivity index (χ1n) is 11.1. The molecule has 1 heterocycles. The summed E-state index contributed by atoms with van der Waals surface area (Å²) in [6.45, 7) is 8.01. The van der Waals surface area contributed by atoms with Crippen molar-refractivity contribution >= 4 is 17.7 Å².